The zero-order valence-corrected chi connectivity index (χ0v) is 8.83. The van der Waals surface area contributed by atoms with Crippen LogP contribution in [0.2, 0.25) is 0 Å². The Labute approximate surface area is 79.7 Å². The molecule has 2 fully saturated rings. The van der Waals surface area contributed by atoms with Gasteiger partial charge in [0.1, 0.15) is 11.9 Å². The molecule has 1 heterocycles. The van der Waals surface area contributed by atoms with Crippen LogP contribution in [0.25, 0.3) is 0 Å². The van der Waals surface area contributed by atoms with Gasteiger partial charge in [-0.25, -0.2) is 0 Å². The standard InChI is InChI=1S/C11H18O2/c1-7-5-9-11(4,13-9)8(6-12)10(7,2)3/h6-9H,5H2,1-4H3/t7-,8+,9?,11?/m1/s1. The second-order valence-corrected chi connectivity index (χ2v) is 5.36. The monoisotopic (exact) mass is 182 g/mol. The van der Waals surface area contributed by atoms with Crippen molar-refractivity contribution in [2.45, 2.75) is 45.8 Å². The van der Waals surface area contributed by atoms with E-state index in [9.17, 15) is 4.79 Å². The molecule has 0 spiro atoms. The third-order valence-corrected chi connectivity index (χ3v) is 4.37. The fraction of sp³-hybridized carbons (Fsp3) is 0.909. The summed E-state index contributed by atoms with van der Waals surface area (Å²) in [4.78, 5) is 11.1. The van der Waals surface area contributed by atoms with Crippen molar-refractivity contribution in [2.24, 2.45) is 17.3 Å². The molecule has 0 amide bonds. The Balaban J connectivity index is 2.32. The second kappa shape index (κ2) is 2.35. The molecule has 0 aromatic rings. The first kappa shape index (κ1) is 9.20. The summed E-state index contributed by atoms with van der Waals surface area (Å²) >= 11 is 0. The van der Waals surface area contributed by atoms with E-state index in [0.717, 1.165) is 12.7 Å². The number of epoxide rings is 1. The van der Waals surface area contributed by atoms with Gasteiger partial charge in [0.25, 0.3) is 0 Å². The van der Waals surface area contributed by atoms with Crippen molar-refractivity contribution < 1.29 is 9.53 Å². The minimum absolute atomic E-state index is 0.0637. The predicted octanol–water partition coefficient (Wildman–Crippen LogP) is 2.02. The molecule has 2 heteroatoms. The highest BCUT2D eigenvalue weighted by molar-refractivity contribution is 5.59. The number of rotatable bonds is 1. The second-order valence-electron chi connectivity index (χ2n) is 5.36. The third-order valence-electron chi connectivity index (χ3n) is 4.37. The molecule has 4 atom stereocenters. The molecule has 0 bridgehead atoms. The van der Waals surface area contributed by atoms with Crippen molar-refractivity contribution in [1.82, 2.24) is 0 Å². The van der Waals surface area contributed by atoms with Gasteiger partial charge in [-0.1, -0.05) is 20.8 Å². The summed E-state index contributed by atoms with van der Waals surface area (Å²) < 4.78 is 5.64. The lowest BCUT2D eigenvalue weighted by atomic mass is 9.59. The van der Waals surface area contributed by atoms with Crippen molar-refractivity contribution in [3.8, 4) is 0 Å². The van der Waals surface area contributed by atoms with Gasteiger partial charge in [0.2, 0.25) is 0 Å². The third kappa shape index (κ3) is 1.01. The first-order chi connectivity index (χ1) is 5.93. The topological polar surface area (TPSA) is 29.6 Å². The van der Waals surface area contributed by atoms with Gasteiger partial charge >= 0.3 is 0 Å². The molecule has 2 aliphatic rings. The molecule has 1 aliphatic heterocycles. The Morgan fingerprint density at radius 2 is 2.00 bits per heavy atom. The van der Waals surface area contributed by atoms with Gasteiger partial charge in [-0.05, 0) is 24.7 Å². The van der Waals surface area contributed by atoms with Crippen molar-refractivity contribution >= 4 is 6.29 Å². The summed E-state index contributed by atoms with van der Waals surface area (Å²) in [7, 11) is 0. The molecule has 2 nitrogen and oxygen atoms in total. The fourth-order valence-electron chi connectivity index (χ4n) is 2.81. The minimum atomic E-state index is -0.141. The summed E-state index contributed by atoms with van der Waals surface area (Å²) in [5.41, 5.74) is -0.0543. The van der Waals surface area contributed by atoms with Crippen LogP contribution >= 0.6 is 0 Å². The lowest BCUT2D eigenvalue weighted by Gasteiger charge is -2.42. The van der Waals surface area contributed by atoms with Gasteiger partial charge in [-0.2, -0.15) is 0 Å². The molecule has 0 radical (unpaired) electrons. The van der Waals surface area contributed by atoms with E-state index in [-0.39, 0.29) is 16.9 Å². The fourth-order valence-corrected chi connectivity index (χ4v) is 2.81. The Bertz CT molecular complexity index is 246. The first-order valence-corrected chi connectivity index (χ1v) is 5.06. The van der Waals surface area contributed by atoms with E-state index in [2.05, 4.69) is 27.7 Å². The number of carbonyl (C=O) groups excluding carboxylic acids is 1. The van der Waals surface area contributed by atoms with Crippen LogP contribution in [0.3, 0.4) is 0 Å². The van der Waals surface area contributed by atoms with Gasteiger partial charge < -0.3 is 9.53 Å². The molecule has 2 unspecified atom stereocenters. The Hall–Kier alpha value is -0.370. The Morgan fingerprint density at radius 1 is 1.38 bits per heavy atom. The molecule has 0 aromatic heterocycles. The van der Waals surface area contributed by atoms with Gasteiger partial charge in [0.05, 0.1) is 12.0 Å². The van der Waals surface area contributed by atoms with Crippen molar-refractivity contribution in [2.75, 3.05) is 0 Å². The zero-order valence-electron chi connectivity index (χ0n) is 8.83. The molecule has 1 saturated carbocycles. The smallest absolute Gasteiger partial charge is 0.126 e. The maximum Gasteiger partial charge on any atom is 0.126 e. The number of hydrogen-bond donors (Lipinski definition) is 0. The zero-order chi connectivity index (χ0) is 9.85. The highest BCUT2D eigenvalue weighted by Crippen LogP contribution is 2.59. The summed E-state index contributed by atoms with van der Waals surface area (Å²) in [5, 5.41) is 0. The first-order valence-electron chi connectivity index (χ1n) is 5.06. The predicted molar refractivity (Wildman–Crippen MR) is 50.4 cm³/mol. The average Bonchev–Trinajstić information content (AvgIpc) is 2.61. The molecule has 0 aromatic carbocycles. The van der Waals surface area contributed by atoms with Crippen molar-refractivity contribution in [3.63, 3.8) is 0 Å². The molecular formula is C11H18O2. The van der Waals surface area contributed by atoms with E-state index in [1.165, 1.54) is 0 Å². The van der Waals surface area contributed by atoms with Crippen LogP contribution < -0.4 is 0 Å². The van der Waals surface area contributed by atoms with Crippen LogP contribution in [0, 0.1) is 17.3 Å². The maximum atomic E-state index is 11.1. The van der Waals surface area contributed by atoms with E-state index >= 15 is 0 Å². The molecule has 13 heavy (non-hydrogen) atoms. The molecule has 2 rings (SSSR count). The number of ether oxygens (including phenoxy) is 1. The summed E-state index contributed by atoms with van der Waals surface area (Å²) in [6.45, 7) is 8.65. The van der Waals surface area contributed by atoms with Crippen molar-refractivity contribution in [1.29, 1.82) is 0 Å². The molecule has 0 N–H and O–H groups in total. The summed E-state index contributed by atoms with van der Waals surface area (Å²) in [6.07, 6.45) is 2.54. The number of fused-ring (bicyclic) bond motifs is 1. The lowest BCUT2D eigenvalue weighted by molar-refractivity contribution is -0.119. The number of hydrogen-bond acceptors (Lipinski definition) is 2. The highest BCUT2D eigenvalue weighted by Gasteiger charge is 2.66. The molecule has 74 valence electrons. The van der Waals surface area contributed by atoms with Crippen molar-refractivity contribution in [3.05, 3.63) is 0 Å². The SMILES string of the molecule is C[C@@H]1CC2OC2(C)[C@@H](C=O)C1(C)C. The molecule has 1 saturated heterocycles. The Kier molecular flexibility index (Phi) is 1.66. The van der Waals surface area contributed by atoms with Crippen LogP contribution in [0.15, 0.2) is 0 Å². The van der Waals surface area contributed by atoms with Gasteiger partial charge in [0, 0.05) is 0 Å². The largest absolute Gasteiger partial charge is 0.366 e. The van der Waals surface area contributed by atoms with E-state index in [4.69, 9.17) is 4.74 Å². The van der Waals surface area contributed by atoms with E-state index in [0.29, 0.717) is 12.0 Å². The van der Waals surface area contributed by atoms with Gasteiger partial charge in [-0.15, -0.1) is 0 Å². The lowest BCUT2D eigenvalue weighted by Crippen LogP contribution is -2.46. The van der Waals surface area contributed by atoms with Crippen LogP contribution in [-0.2, 0) is 9.53 Å². The molecular weight excluding hydrogens is 164 g/mol. The van der Waals surface area contributed by atoms with Crippen LogP contribution in [0.5, 0.6) is 0 Å². The van der Waals surface area contributed by atoms with E-state index < -0.39 is 0 Å². The maximum absolute atomic E-state index is 11.1. The van der Waals surface area contributed by atoms with E-state index in [1.54, 1.807) is 0 Å². The van der Waals surface area contributed by atoms with Crippen LogP contribution in [0.4, 0.5) is 0 Å². The van der Waals surface area contributed by atoms with Gasteiger partial charge in [0.15, 0.2) is 0 Å². The minimum Gasteiger partial charge on any atom is -0.366 e. The highest BCUT2D eigenvalue weighted by atomic mass is 16.6. The Morgan fingerprint density at radius 3 is 2.54 bits per heavy atom. The summed E-state index contributed by atoms with van der Waals surface area (Å²) in [5.74, 6) is 0.636. The molecule has 1 aliphatic carbocycles. The van der Waals surface area contributed by atoms with Gasteiger partial charge in [-0.3, -0.25) is 0 Å². The summed E-state index contributed by atoms with van der Waals surface area (Å²) in [6, 6.07) is 0. The van der Waals surface area contributed by atoms with E-state index in [1.807, 2.05) is 0 Å². The average molecular weight is 182 g/mol. The quantitative estimate of drug-likeness (QED) is 0.458. The number of carbonyl (C=O) groups is 1. The van der Waals surface area contributed by atoms with Crippen LogP contribution in [0.1, 0.15) is 34.1 Å². The number of aldehydes is 1. The van der Waals surface area contributed by atoms with Crippen LogP contribution in [-0.4, -0.2) is 18.0 Å². The normalized spacial score (nSPS) is 52.5.